The quantitative estimate of drug-likeness (QED) is 0.733. The summed E-state index contributed by atoms with van der Waals surface area (Å²) >= 11 is 1.90. The molecule has 1 heterocycles. The number of anilines is 1. The van der Waals surface area contributed by atoms with Gasteiger partial charge in [0, 0.05) is 30.6 Å². The molecule has 2 rings (SSSR count). The van der Waals surface area contributed by atoms with Crippen LogP contribution in [0.3, 0.4) is 0 Å². The second kappa shape index (κ2) is 7.59. The van der Waals surface area contributed by atoms with E-state index < -0.39 is 0 Å². The van der Waals surface area contributed by atoms with E-state index >= 15 is 0 Å². The number of thiazole rings is 1. The van der Waals surface area contributed by atoms with Crippen LogP contribution in [0, 0.1) is 5.92 Å². The summed E-state index contributed by atoms with van der Waals surface area (Å²) in [4.78, 5) is 8.93. The fourth-order valence-corrected chi connectivity index (χ4v) is 3.71. The lowest BCUT2D eigenvalue weighted by Gasteiger charge is -2.20. The number of nitrogens with one attached hydrogen (secondary N) is 1. The normalized spacial score (nSPS) is 15.2. The van der Waals surface area contributed by atoms with Crippen LogP contribution >= 0.6 is 11.3 Å². The first-order valence-electron chi connectivity index (χ1n) is 8.49. The standard InChI is InChI=1S/C17H31N3S/c1-6-9-20(11-14-7-8-14)17-19-16(12(2)3)15(21-17)10-18-13(4)5/h12-14,18H,6-11H2,1-5H3. The van der Waals surface area contributed by atoms with Crippen molar-refractivity contribution in [2.45, 2.75) is 72.4 Å². The first-order valence-corrected chi connectivity index (χ1v) is 9.30. The molecule has 0 saturated heterocycles. The molecule has 0 spiro atoms. The molecule has 0 atom stereocenters. The Hall–Kier alpha value is -0.610. The largest absolute Gasteiger partial charge is 0.348 e. The smallest absolute Gasteiger partial charge is 0.185 e. The lowest BCUT2D eigenvalue weighted by molar-refractivity contribution is 0.588. The molecule has 0 radical (unpaired) electrons. The maximum absolute atomic E-state index is 4.99. The van der Waals surface area contributed by atoms with E-state index in [1.165, 1.54) is 41.5 Å². The molecule has 120 valence electrons. The van der Waals surface area contributed by atoms with Gasteiger partial charge in [-0.15, -0.1) is 11.3 Å². The summed E-state index contributed by atoms with van der Waals surface area (Å²) < 4.78 is 0. The SMILES string of the molecule is CCCN(CC1CC1)c1nc(C(C)C)c(CNC(C)C)s1. The summed E-state index contributed by atoms with van der Waals surface area (Å²) in [5.41, 5.74) is 1.29. The fraction of sp³-hybridized carbons (Fsp3) is 0.824. The van der Waals surface area contributed by atoms with Crippen molar-refractivity contribution in [1.29, 1.82) is 0 Å². The van der Waals surface area contributed by atoms with E-state index in [0.29, 0.717) is 12.0 Å². The van der Waals surface area contributed by atoms with Gasteiger partial charge < -0.3 is 10.2 Å². The van der Waals surface area contributed by atoms with Crippen LogP contribution in [-0.2, 0) is 6.54 Å². The van der Waals surface area contributed by atoms with Gasteiger partial charge in [0.15, 0.2) is 5.13 Å². The molecule has 1 saturated carbocycles. The molecule has 1 fully saturated rings. The Balaban J connectivity index is 2.14. The zero-order valence-electron chi connectivity index (χ0n) is 14.3. The Kier molecular flexibility index (Phi) is 6.06. The number of hydrogen-bond donors (Lipinski definition) is 1. The highest BCUT2D eigenvalue weighted by molar-refractivity contribution is 7.15. The van der Waals surface area contributed by atoms with Crippen molar-refractivity contribution in [2.75, 3.05) is 18.0 Å². The fourth-order valence-electron chi connectivity index (χ4n) is 2.51. The molecule has 4 heteroatoms. The van der Waals surface area contributed by atoms with Crippen LogP contribution in [0.1, 0.15) is 70.4 Å². The van der Waals surface area contributed by atoms with Crippen LogP contribution in [0.25, 0.3) is 0 Å². The van der Waals surface area contributed by atoms with Gasteiger partial charge in [-0.1, -0.05) is 34.6 Å². The van der Waals surface area contributed by atoms with Crippen molar-refractivity contribution < 1.29 is 0 Å². The molecular weight excluding hydrogens is 278 g/mol. The Labute approximate surface area is 134 Å². The summed E-state index contributed by atoms with van der Waals surface area (Å²) in [5.74, 6) is 1.42. The zero-order chi connectivity index (χ0) is 15.4. The molecule has 0 bridgehead atoms. The number of rotatable bonds is 9. The molecule has 21 heavy (non-hydrogen) atoms. The third-order valence-corrected chi connectivity index (χ3v) is 5.01. The van der Waals surface area contributed by atoms with E-state index in [0.717, 1.165) is 19.0 Å². The molecule has 0 unspecified atom stereocenters. The van der Waals surface area contributed by atoms with Crippen molar-refractivity contribution >= 4 is 16.5 Å². The van der Waals surface area contributed by atoms with Gasteiger partial charge in [-0.2, -0.15) is 0 Å². The second-order valence-electron chi connectivity index (χ2n) is 6.88. The van der Waals surface area contributed by atoms with Gasteiger partial charge in [-0.05, 0) is 31.1 Å². The number of nitrogens with zero attached hydrogens (tertiary/aromatic N) is 2. The van der Waals surface area contributed by atoms with Gasteiger partial charge in [0.05, 0.1) is 5.69 Å². The van der Waals surface area contributed by atoms with E-state index in [4.69, 9.17) is 4.98 Å². The maximum atomic E-state index is 4.99. The van der Waals surface area contributed by atoms with E-state index in [1.54, 1.807) is 0 Å². The summed E-state index contributed by atoms with van der Waals surface area (Å²) in [6, 6.07) is 0.522. The zero-order valence-corrected chi connectivity index (χ0v) is 15.1. The van der Waals surface area contributed by atoms with Crippen molar-refractivity contribution in [3.05, 3.63) is 10.6 Å². The third-order valence-electron chi connectivity index (χ3n) is 3.87. The molecule has 3 nitrogen and oxygen atoms in total. The Morgan fingerprint density at radius 3 is 2.52 bits per heavy atom. The van der Waals surface area contributed by atoms with Crippen LogP contribution in [0.5, 0.6) is 0 Å². The lowest BCUT2D eigenvalue weighted by Crippen LogP contribution is -2.26. The maximum Gasteiger partial charge on any atom is 0.185 e. The molecule has 1 aliphatic rings. The number of aromatic nitrogens is 1. The lowest BCUT2D eigenvalue weighted by atomic mass is 10.1. The molecular formula is C17H31N3S. The van der Waals surface area contributed by atoms with E-state index in [-0.39, 0.29) is 0 Å². The first-order chi connectivity index (χ1) is 10.0. The van der Waals surface area contributed by atoms with Gasteiger partial charge in [0.2, 0.25) is 0 Å². The first kappa shape index (κ1) is 16.8. The highest BCUT2D eigenvalue weighted by Gasteiger charge is 2.26. The Morgan fingerprint density at radius 2 is 2.00 bits per heavy atom. The van der Waals surface area contributed by atoms with Gasteiger partial charge in [-0.3, -0.25) is 0 Å². The predicted molar refractivity (Wildman–Crippen MR) is 93.4 cm³/mol. The minimum absolute atomic E-state index is 0.503. The van der Waals surface area contributed by atoms with E-state index in [1.807, 2.05) is 11.3 Å². The van der Waals surface area contributed by atoms with Gasteiger partial charge in [0.25, 0.3) is 0 Å². The molecule has 1 aromatic heterocycles. The minimum Gasteiger partial charge on any atom is -0.348 e. The van der Waals surface area contributed by atoms with Crippen molar-refractivity contribution in [3.8, 4) is 0 Å². The molecule has 0 aromatic carbocycles. The molecule has 0 aliphatic heterocycles. The topological polar surface area (TPSA) is 28.2 Å². The Morgan fingerprint density at radius 1 is 1.29 bits per heavy atom. The summed E-state index contributed by atoms with van der Waals surface area (Å²) in [5, 5.41) is 4.79. The molecule has 1 N–H and O–H groups in total. The van der Waals surface area contributed by atoms with Crippen molar-refractivity contribution in [2.24, 2.45) is 5.92 Å². The van der Waals surface area contributed by atoms with Gasteiger partial charge in [-0.25, -0.2) is 4.98 Å². The van der Waals surface area contributed by atoms with Crippen LogP contribution in [0.2, 0.25) is 0 Å². The monoisotopic (exact) mass is 309 g/mol. The van der Waals surface area contributed by atoms with Crippen molar-refractivity contribution in [3.63, 3.8) is 0 Å². The Bertz CT molecular complexity index is 435. The average Bonchev–Trinajstić information content (AvgIpc) is 3.12. The minimum atomic E-state index is 0.503. The van der Waals surface area contributed by atoms with Crippen LogP contribution in [-0.4, -0.2) is 24.1 Å². The van der Waals surface area contributed by atoms with Gasteiger partial charge in [0.1, 0.15) is 0 Å². The second-order valence-corrected chi connectivity index (χ2v) is 7.95. The van der Waals surface area contributed by atoms with E-state index in [2.05, 4.69) is 44.8 Å². The van der Waals surface area contributed by atoms with Crippen LogP contribution in [0.4, 0.5) is 5.13 Å². The third kappa shape index (κ3) is 4.96. The molecule has 1 aromatic rings. The molecule has 0 amide bonds. The van der Waals surface area contributed by atoms with Crippen LogP contribution in [0.15, 0.2) is 0 Å². The highest BCUT2D eigenvalue weighted by atomic mass is 32.1. The van der Waals surface area contributed by atoms with E-state index in [9.17, 15) is 0 Å². The predicted octanol–water partition coefficient (Wildman–Crippen LogP) is 4.39. The summed E-state index contributed by atoms with van der Waals surface area (Å²) in [6.45, 7) is 14.5. The highest BCUT2D eigenvalue weighted by Crippen LogP contribution is 2.35. The number of hydrogen-bond acceptors (Lipinski definition) is 4. The van der Waals surface area contributed by atoms with Gasteiger partial charge >= 0.3 is 0 Å². The summed E-state index contributed by atoms with van der Waals surface area (Å²) in [7, 11) is 0. The van der Waals surface area contributed by atoms with Crippen molar-refractivity contribution in [1.82, 2.24) is 10.3 Å². The van der Waals surface area contributed by atoms with Crippen LogP contribution < -0.4 is 10.2 Å². The average molecular weight is 310 g/mol. The summed E-state index contributed by atoms with van der Waals surface area (Å²) in [6.07, 6.45) is 4.01. The molecule has 1 aliphatic carbocycles.